The molecule has 146 valence electrons. The fourth-order valence-corrected chi connectivity index (χ4v) is 2.87. The van der Waals surface area contributed by atoms with Crippen LogP contribution in [0.25, 0.3) is 10.9 Å². The van der Waals surface area contributed by atoms with Crippen LogP contribution < -0.4 is 16.6 Å². The van der Waals surface area contributed by atoms with E-state index in [-0.39, 0.29) is 17.7 Å². The van der Waals surface area contributed by atoms with E-state index in [1.165, 1.54) is 13.0 Å². The lowest BCUT2D eigenvalue weighted by atomic mass is 10.0. The molecule has 1 aromatic heterocycles. The molecular weight excluding hydrogens is 354 g/mol. The Morgan fingerprint density at radius 3 is 2.37 bits per heavy atom. The summed E-state index contributed by atoms with van der Waals surface area (Å²) in [7, 11) is 0. The molecule has 4 N–H and O–H groups in total. The zero-order valence-corrected chi connectivity index (χ0v) is 15.3. The predicted octanol–water partition coefficient (Wildman–Crippen LogP) is 0.227. The smallest absolute Gasteiger partial charge is 0.329 e. The van der Waals surface area contributed by atoms with Crippen molar-refractivity contribution in [2.45, 2.75) is 45.4 Å². The topological polar surface area (TPSA) is 141 Å². The lowest BCUT2D eigenvalue weighted by Gasteiger charge is -2.24. The van der Waals surface area contributed by atoms with E-state index in [0.717, 1.165) is 4.57 Å². The number of hydrogen-bond donors (Lipinski definition) is 4. The summed E-state index contributed by atoms with van der Waals surface area (Å²) >= 11 is 0. The number of nitrogens with zero attached hydrogens (tertiary/aromatic N) is 1. The SMILES string of the molecule is CC(C)C[C@@H](C(=O)N[C@@H](C(=O)O)[C@H](C)O)n1c(=O)[nH]c2ccccc2c1=O. The third-order valence-corrected chi connectivity index (χ3v) is 4.19. The first kappa shape index (κ1) is 20.4. The molecule has 27 heavy (non-hydrogen) atoms. The van der Waals surface area contributed by atoms with E-state index >= 15 is 0 Å². The number of aliphatic carboxylic acids is 1. The highest BCUT2D eigenvalue weighted by Crippen LogP contribution is 2.16. The number of aromatic nitrogens is 2. The van der Waals surface area contributed by atoms with Crippen molar-refractivity contribution in [1.29, 1.82) is 0 Å². The highest BCUT2D eigenvalue weighted by atomic mass is 16.4. The Hall–Kier alpha value is -2.94. The third kappa shape index (κ3) is 4.43. The molecule has 1 aromatic carbocycles. The number of carbonyl (C=O) groups excluding carboxylic acids is 1. The number of benzene rings is 1. The summed E-state index contributed by atoms with van der Waals surface area (Å²) in [5, 5.41) is 21.2. The van der Waals surface area contributed by atoms with Crippen LogP contribution in [0, 0.1) is 5.92 Å². The fraction of sp³-hybridized carbons (Fsp3) is 0.444. The van der Waals surface area contributed by atoms with Crippen molar-refractivity contribution < 1.29 is 19.8 Å². The summed E-state index contributed by atoms with van der Waals surface area (Å²) in [6.45, 7) is 4.85. The van der Waals surface area contributed by atoms with Crippen molar-refractivity contribution in [3.8, 4) is 0 Å². The van der Waals surface area contributed by atoms with Gasteiger partial charge in [-0.05, 0) is 31.4 Å². The Balaban J connectivity index is 2.56. The average molecular weight is 377 g/mol. The molecule has 1 amide bonds. The molecule has 1 heterocycles. The van der Waals surface area contributed by atoms with Gasteiger partial charge in [0.1, 0.15) is 6.04 Å². The van der Waals surface area contributed by atoms with Crippen molar-refractivity contribution in [3.63, 3.8) is 0 Å². The van der Waals surface area contributed by atoms with Crippen molar-refractivity contribution in [2.75, 3.05) is 0 Å². The van der Waals surface area contributed by atoms with E-state index in [4.69, 9.17) is 5.11 Å². The Bertz CT molecular complexity index is 959. The van der Waals surface area contributed by atoms with Crippen LogP contribution in [0.4, 0.5) is 0 Å². The van der Waals surface area contributed by atoms with E-state index in [1.807, 2.05) is 13.8 Å². The second kappa shape index (κ2) is 8.17. The van der Waals surface area contributed by atoms with Crippen molar-refractivity contribution in [2.24, 2.45) is 5.92 Å². The lowest BCUT2D eigenvalue weighted by molar-refractivity contribution is -0.145. The maximum Gasteiger partial charge on any atom is 0.329 e. The number of amides is 1. The number of aliphatic hydroxyl groups excluding tert-OH is 1. The highest BCUT2D eigenvalue weighted by Gasteiger charge is 2.31. The van der Waals surface area contributed by atoms with Gasteiger partial charge in [0.25, 0.3) is 5.56 Å². The number of H-pyrrole nitrogens is 1. The summed E-state index contributed by atoms with van der Waals surface area (Å²) in [6, 6.07) is 3.64. The van der Waals surface area contributed by atoms with Gasteiger partial charge in [-0.25, -0.2) is 14.2 Å². The summed E-state index contributed by atoms with van der Waals surface area (Å²) in [4.78, 5) is 51.9. The van der Waals surface area contributed by atoms with Gasteiger partial charge in [0, 0.05) is 0 Å². The van der Waals surface area contributed by atoms with E-state index in [9.17, 15) is 24.3 Å². The zero-order valence-electron chi connectivity index (χ0n) is 15.3. The van der Waals surface area contributed by atoms with E-state index in [0.29, 0.717) is 5.52 Å². The molecule has 0 bridgehead atoms. The Labute approximate surface area is 154 Å². The number of carbonyl (C=O) groups is 2. The van der Waals surface area contributed by atoms with Gasteiger partial charge in [0.2, 0.25) is 5.91 Å². The molecule has 0 radical (unpaired) electrons. The van der Waals surface area contributed by atoms with Gasteiger partial charge < -0.3 is 20.5 Å². The standard InChI is InChI=1S/C18H23N3O6/c1-9(2)8-13(15(23)20-14(10(3)22)17(25)26)21-16(24)11-6-4-5-7-12(11)19-18(21)27/h4-7,9-10,13-14,22H,8H2,1-3H3,(H,19,27)(H,20,23)(H,25,26)/t10-,13-,14+/m0/s1. The molecule has 0 aliphatic heterocycles. The van der Waals surface area contributed by atoms with Crippen LogP contribution in [-0.4, -0.2) is 43.8 Å². The van der Waals surface area contributed by atoms with Gasteiger partial charge >= 0.3 is 11.7 Å². The number of rotatable bonds is 7. The first-order valence-electron chi connectivity index (χ1n) is 8.58. The molecule has 9 nitrogen and oxygen atoms in total. The van der Waals surface area contributed by atoms with Crippen LogP contribution in [0.1, 0.15) is 33.2 Å². The summed E-state index contributed by atoms with van der Waals surface area (Å²) in [5.41, 5.74) is -1.05. The number of hydrogen-bond acceptors (Lipinski definition) is 5. The Morgan fingerprint density at radius 2 is 1.81 bits per heavy atom. The van der Waals surface area contributed by atoms with Crippen LogP contribution in [0.3, 0.4) is 0 Å². The molecule has 2 aromatic rings. The van der Waals surface area contributed by atoms with Crippen LogP contribution in [-0.2, 0) is 9.59 Å². The zero-order chi connectivity index (χ0) is 20.3. The number of nitrogens with one attached hydrogen (secondary N) is 2. The molecule has 3 atom stereocenters. The number of para-hydroxylation sites is 1. The number of carboxylic acid groups (broad SMARTS) is 1. The molecule has 9 heteroatoms. The van der Waals surface area contributed by atoms with Gasteiger partial charge in [-0.3, -0.25) is 9.59 Å². The van der Waals surface area contributed by atoms with Crippen LogP contribution in [0.5, 0.6) is 0 Å². The van der Waals surface area contributed by atoms with Crippen LogP contribution >= 0.6 is 0 Å². The molecule has 0 spiro atoms. The molecule has 0 fully saturated rings. The summed E-state index contributed by atoms with van der Waals surface area (Å²) < 4.78 is 0.804. The van der Waals surface area contributed by atoms with Gasteiger partial charge in [-0.1, -0.05) is 26.0 Å². The van der Waals surface area contributed by atoms with E-state index in [1.54, 1.807) is 18.2 Å². The van der Waals surface area contributed by atoms with Crippen molar-refractivity contribution in [3.05, 3.63) is 45.1 Å². The molecule has 0 aliphatic carbocycles. The first-order chi connectivity index (χ1) is 12.6. The molecule has 0 aliphatic rings. The van der Waals surface area contributed by atoms with Crippen LogP contribution in [0.2, 0.25) is 0 Å². The Morgan fingerprint density at radius 1 is 1.19 bits per heavy atom. The van der Waals surface area contributed by atoms with Gasteiger partial charge in [-0.2, -0.15) is 0 Å². The molecule has 0 saturated heterocycles. The number of fused-ring (bicyclic) bond motifs is 1. The minimum absolute atomic E-state index is 0.0617. The molecule has 2 rings (SSSR count). The van der Waals surface area contributed by atoms with E-state index < -0.39 is 41.3 Å². The minimum atomic E-state index is -1.55. The highest BCUT2D eigenvalue weighted by molar-refractivity contribution is 5.86. The number of carboxylic acids is 1. The monoisotopic (exact) mass is 377 g/mol. The molecule has 0 unspecified atom stereocenters. The molecular formula is C18H23N3O6. The summed E-state index contributed by atoms with van der Waals surface area (Å²) in [5.74, 6) is -2.30. The largest absolute Gasteiger partial charge is 0.480 e. The normalized spacial score (nSPS) is 14.7. The van der Waals surface area contributed by atoms with E-state index in [2.05, 4.69) is 10.3 Å². The molecule has 0 saturated carbocycles. The van der Waals surface area contributed by atoms with Gasteiger partial charge in [0.15, 0.2) is 6.04 Å². The van der Waals surface area contributed by atoms with Gasteiger partial charge in [0.05, 0.1) is 17.0 Å². The number of aromatic amines is 1. The average Bonchev–Trinajstić information content (AvgIpc) is 2.57. The fourth-order valence-electron chi connectivity index (χ4n) is 2.87. The minimum Gasteiger partial charge on any atom is -0.480 e. The third-order valence-electron chi connectivity index (χ3n) is 4.19. The lowest BCUT2D eigenvalue weighted by Crippen LogP contribution is -2.52. The van der Waals surface area contributed by atoms with Crippen LogP contribution in [0.15, 0.2) is 33.9 Å². The van der Waals surface area contributed by atoms with Crippen molar-refractivity contribution >= 4 is 22.8 Å². The number of aliphatic hydroxyl groups is 1. The quantitative estimate of drug-likeness (QED) is 0.544. The second-order valence-corrected chi connectivity index (χ2v) is 6.86. The van der Waals surface area contributed by atoms with Crippen molar-refractivity contribution in [1.82, 2.24) is 14.9 Å². The van der Waals surface area contributed by atoms with Gasteiger partial charge in [-0.15, -0.1) is 0 Å². The Kier molecular flexibility index (Phi) is 6.17. The maximum absolute atomic E-state index is 12.8. The first-order valence-corrected chi connectivity index (χ1v) is 8.58. The summed E-state index contributed by atoms with van der Waals surface area (Å²) in [6.07, 6.45) is -1.21. The predicted molar refractivity (Wildman–Crippen MR) is 98.6 cm³/mol. The second-order valence-electron chi connectivity index (χ2n) is 6.86. The maximum atomic E-state index is 12.8.